The van der Waals surface area contributed by atoms with E-state index in [0.717, 1.165) is 24.1 Å². The van der Waals surface area contributed by atoms with E-state index in [4.69, 9.17) is 18.0 Å². The number of thiocarbonyl (C=S) groups is 1. The van der Waals surface area contributed by atoms with E-state index in [0.29, 0.717) is 24.0 Å². The third-order valence-corrected chi connectivity index (χ3v) is 3.32. The zero-order valence-electron chi connectivity index (χ0n) is 11.1. The number of aryl methyl sites for hydroxylation is 1. The summed E-state index contributed by atoms with van der Waals surface area (Å²) in [5, 5.41) is 2.93. The van der Waals surface area contributed by atoms with Gasteiger partial charge in [0.2, 0.25) is 0 Å². The van der Waals surface area contributed by atoms with E-state index >= 15 is 0 Å². The highest BCUT2D eigenvalue weighted by Crippen LogP contribution is 2.27. The smallest absolute Gasteiger partial charge is 0.322 e. The number of nitrogens with one attached hydrogen (secondary N) is 1. The molecule has 1 aromatic carbocycles. The second kappa shape index (κ2) is 6.02. The molecule has 0 atom stereocenters. The molecule has 2 rings (SSSR count). The fourth-order valence-electron chi connectivity index (χ4n) is 1.98. The molecule has 1 aromatic rings. The maximum absolute atomic E-state index is 12.2. The molecule has 1 fully saturated rings. The van der Waals surface area contributed by atoms with Crippen LogP contribution in [0.2, 0.25) is 0 Å². The zero-order chi connectivity index (χ0) is 13.8. The molecule has 2 amide bonds. The van der Waals surface area contributed by atoms with Crippen molar-refractivity contribution in [3.05, 3.63) is 29.8 Å². The van der Waals surface area contributed by atoms with Crippen molar-refractivity contribution < 1.29 is 4.79 Å². The molecule has 5 heteroatoms. The molecule has 1 aliphatic carbocycles. The molecule has 0 aromatic heterocycles. The standard InChI is InChI=1S/C14H19N3OS/c1-10-3-2-4-11(9-10)16-14(18)17(12-5-6-12)8-7-13(15)19/h2-4,9,12H,5-8H2,1H3,(H2,15,19)(H,16,18). The minimum Gasteiger partial charge on any atom is -0.393 e. The number of hydrogen-bond donors (Lipinski definition) is 2. The van der Waals surface area contributed by atoms with Crippen molar-refractivity contribution in [3.63, 3.8) is 0 Å². The number of amides is 2. The molecule has 0 spiro atoms. The minimum absolute atomic E-state index is 0.0654. The number of benzene rings is 1. The molecule has 4 nitrogen and oxygen atoms in total. The molecule has 19 heavy (non-hydrogen) atoms. The quantitative estimate of drug-likeness (QED) is 0.814. The lowest BCUT2D eigenvalue weighted by Gasteiger charge is -2.22. The van der Waals surface area contributed by atoms with E-state index in [1.807, 2.05) is 36.1 Å². The van der Waals surface area contributed by atoms with Gasteiger partial charge in [-0.05, 0) is 37.5 Å². The molecule has 0 bridgehead atoms. The third kappa shape index (κ3) is 4.21. The van der Waals surface area contributed by atoms with Crippen LogP contribution >= 0.6 is 12.2 Å². The van der Waals surface area contributed by atoms with Crippen LogP contribution in [0.25, 0.3) is 0 Å². The third-order valence-electron chi connectivity index (χ3n) is 3.12. The van der Waals surface area contributed by atoms with Gasteiger partial charge in [0.1, 0.15) is 0 Å². The number of carbonyl (C=O) groups is 1. The summed E-state index contributed by atoms with van der Waals surface area (Å²) in [7, 11) is 0. The average Bonchev–Trinajstić information content (AvgIpc) is 3.13. The Kier molecular flexibility index (Phi) is 4.37. The number of rotatable bonds is 5. The van der Waals surface area contributed by atoms with Crippen LogP contribution in [-0.2, 0) is 0 Å². The van der Waals surface area contributed by atoms with Crippen LogP contribution in [0.4, 0.5) is 10.5 Å². The van der Waals surface area contributed by atoms with Gasteiger partial charge in [0.25, 0.3) is 0 Å². The number of hydrogen-bond acceptors (Lipinski definition) is 2. The predicted octanol–water partition coefficient (Wildman–Crippen LogP) is 2.67. The van der Waals surface area contributed by atoms with Gasteiger partial charge in [0.15, 0.2) is 0 Å². The monoisotopic (exact) mass is 277 g/mol. The van der Waals surface area contributed by atoms with Crippen molar-refractivity contribution in [3.8, 4) is 0 Å². The van der Waals surface area contributed by atoms with Gasteiger partial charge in [-0.2, -0.15) is 0 Å². The lowest BCUT2D eigenvalue weighted by Crippen LogP contribution is -2.38. The van der Waals surface area contributed by atoms with Crippen LogP contribution in [0.3, 0.4) is 0 Å². The average molecular weight is 277 g/mol. The molecule has 0 unspecified atom stereocenters. The maximum atomic E-state index is 12.2. The summed E-state index contributed by atoms with van der Waals surface area (Å²) in [4.78, 5) is 14.5. The van der Waals surface area contributed by atoms with Gasteiger partial charge >= 0.3 is 6.03 Å². The van der Waals surface area contributed by atoms with E-state index in [9.17, 15) is 4.79 Å². The Morgan fingerprint density at radius 2 is 2.26 bits per heavy atom. The van der Waals surface area contributed by atoms with E-state index in [1.54, 1.807) is 0 Å². The normalized spacial score (nSPS) is 13.9. The topological polar surface area (TPSA) is 58.4 Å². The minimum atomic E-state index is -0.0654. The first-order chi connectivity index (χ1) is 9.06. The fourth-order valence-corrected chi connectivity index (χ4v) is 2.08. The number of carbonyl (C=O) groups excluding carboxylic acids is 1. The summed E-state index contributed by atoms with van der Waals surface area (Å²) in [5.74, 6) is 0. The van der Waals surface area contributed by atoms with Gasteiger partial charge in [-0.3, -0.25) is 0 Å². The summed E-state index contributed by atoms with van der Waals surface area (Å²) in [5.41, 5.74) is 7.46. The summed E-state index contributed by atoms with van der Waals surface area (Å²) in [6, 6.07) is 8.06. The lowest BCUT2D eigenvalue weighted by atomic mass is 10.2. The predicted molar refractivity (Wildman–Crippen MR) is 81.3 cm³/mol. The van der Waals surface area contributed by atoms with Crippen LogP contribution < -0.4 is 11.1 Å². The van der Waals surface area contributed by atoms with E-state index in [-0.39, 0.29) is 6.03 Å². The molecule has 1 aliphatic rings. The Bertz CT molecular complexity index is 485. The number of nitrogens with two attached hydrogens (primary N) is 1. The Balaban J connectivity index is 1.97. The molecule has 102 valence electrons. The highest BCUT2D eigenvalue weighted by molar-refractivity contribution is 7.80. The Hall–Kier alpha value is -1.62. The maximum Gasteiger partial charge on any atom is 0.322 e. The van der Waals surface area contributed by atoms with Gasteiger partial charge in [-0.1, -0.05) is 24.4 Å². The second-order valence-corrected chi connectivity index (χ2v) is 5.46. The van der Waals surface area contributed by atoms with Crippen molar-refractivity contribution in [2.45, 2.75) is 32.2 Å². The van der Waals surface area contributed by atoms with Gasteiger partial charge in [0, 0.05) is 24.7 Å². The second-order valence-electron chi connectivity index (χ2n) is 4.94. The highest BCUT2D eigenvalue weighted by atomic mass is 32.1. The summed E-state index contributed by atoms with van der Waals surface area (Å²) >= 11 is 4.87. The van der Waals surface area contributed by atoms with Gasteiger partial charge < -0.3 is 16.0 Å². The fraction of sp³-hybridized carbons (Fsp3) is 0.429. The van der Waals surface area contributed by atoms with E-state index in [2.05, 4.69) is 5.32 Å². The van der Waals surface area contributed by atoms with Crippen molar-refractivity contribution in [2.24, 2.45) is 5.73 Å². The summed E-state index contributed by atoms with van der Waals surface area (Å²) in [6.07, 6.45) is 2.71. The number of nitrogens with zero attached hydrogens (tertiary/aromatic N) is 1. The molecule has 1 saturated carbocycles. The van der Waals surface area contributed by atoms with Crippen molar-refractivity contribution in [1.82, 2.24) is 4.90 Å². The van der Waals surface area contributed by atoms with Crippen LogP contribution in [0.5, 0.6) is 0 Å². The van der Waals surface area contributed by atoms with Crippen LogP contribution in [0.15, 0.2) is 24.3 Å². The number of urea groups is 1. The molecule has 0 radical (unpaired) electrons. The molecule has 0 saturated heterocycles. The molecular formula is C14H19N3OS. The summed E-state index contributed by atoms with van der Waals surface area (Å²) < 4.78 is 0. The Labute approximate surface area is 119 Å². The van der Waals surface area contributed by atoms with Crippen LogP contribution in [-0.4, -0.2) is 28.5 Å². The first kappa shape index (κ1) is 13.8. The zero-order valence-corrected chi connectivity index (χ0v) is 11.9. The van der Waals surface area contributed by atoms with Crippen molar-refractivity contribution in [1.29, 1.82) is 0 Å². The lowest BCUT2D eigenvalue weighted by molar-refractivity contribution is 0.210. The largest absolute Gasteiger partial charge is 0.393 e. The van der Waals surface area contributed by atoms with Crippen LogP contribution in [0, 0.1) is 6.92 Å². The SMILES string of the molecule is Cc1cccc(NC(=O)N(CCC(N)=S)C2CC2)c1. The van der Waals surface area contributed by atoms with Crippen LogP contribution in [0.1, 0.15) is 24.8 Å². The molecule has 0 heterocycles. The first-order valence-electron chi connectivity index (χ1n) is 6.49. The van der Waals surface area contributed by atoms with Gasteiger partial charge in [0.05, 0.1) is 4.99 Å². The molecular weight excluding hydrogens is 258 g/mol. The van der Waals surface area contributed by atoms with Crippen molar-refractivity contribution in [2.75, 3.05) is 11.9 Å². The Morgan fingerprint density at radius 3 is 2.84 bits per heavy atom. The van der Waals surface area contributed by atoms with Gasteiger partial charge in [-0.15, -0.1) is 0 Å². The summed E-state index contributed by atoms with van der Waals surface area (Å²) in [6.45, 7) is 2.60. The van der Waals surface area contributed by atoms with E-state index < -0.39 is 0 Å². The van der Waals surface area contributed by atoms with Gasteiger partial charge in [-0.25, -0.2) is 4.79 Å². The first-order valence-corrected chi connectivity index (χ1v) is 6.89. The highest BCUT2D eigenvalue weighted by Gasteiger charge is 2.32. The number of anilines is 1. The molecule has 3 N–H and O–H groups in total. The van der Waals surface area contributed by atoms with Crippen molar-refractivity contribution >= 4 is 28.9 Å². The Morgan fingerprint density at radius 1 is 1.53 bits per heavy atom. The van der Waals surface area contributed by atoms with E-state index in [1.165, 1.54) is 0 Å². The molecule has 0 aliphatic heterocycles.